The fourth-order valence-corrected chi connectivity index (χ4v) is 1.67. The quantitative estimate of drug-likeness (QED) is 0.816. The average Bonchev–Trinajstić information content (AvgIpc) is 2.38. The van der Waals surface area contributed by atoms with Gasteiger partial charge in [-0.25, -0.2) is 4.99 Å². The number of carbonyl (C=O) groups is 1. The summed E-state index contributed by atoms with van der Waals surface area (Å²) in [7, 11) is 0. The number of phenols is 1. The molecule has 4 nitrogen and oxygen atoms in total. The van der Waals surface area contributed by atoms with Crippen LogP contribution < -0.4 is 0 Å². The Morgan fingerprint density at radius 2 is 2.11 bits per heavy atom. The SMILES string of the molecule is N#CCC(=O)N=Cc1c(O)ccc2ccccc12. The first-order valence-corrected chi connectivity index (χ1v) is 5.37. The minimum atomic E-state index is -0.523. The van der Waals surface area contributed by atoms with Gasteiger partial charge in [-0.05, 0) is 16.8 Å². The van der Waals surface area contributed by atoms with Crippen LogP contribution in [0.4, 0.5) is 0 Å². The Labute approximate surface area is 104 Å². The Morgan fingerprint density at radius 1 is 1.33 bits per heavy atom. The van der Waals surface area contributed by atoms with Gasteiger partial charge in [0, 0.05) is 11.8 Å². The van der Waals surface area contributed by atoms with Crippen LogP contribution in [-0.4, -0.2) is 17.2 Å². The van der Waals surface area contributed by atoms with E-state index < -0.39 is 5.91 Å². The maximum Gasteiger partial charge on any atom is 0.259 e. The van der Waals surface area contributed by atoms with Crippen LogP contribution in [0.2, 0.25) is 0 Å². The first-order valence-electron chi connectivity index (χ1n) is 5.37. The van der Waals surface area contributed by atoms with Crippen molar-refractivity contribution in [3.05, 3.63) is 42.0 Å². The highest BCUT2D eigenvalue weighted by Gasteiger charge is 2.05. The van der Waals surface area contributed by atoms with Crippen LogP contribution in [0.15, 0.2) is 41.4 Å². The summed E-state index contributed by atoms with van der Waals surface area (Å²) >= 11 is 0. The Morgan fingerprint density at radius 3 is 2.89 bits per heavy atom. The molecule has 0 saturated carbocycles. The van der Waals surface area contributed by atoms with Gasteiger partial charge in [0.05, 0.1) is 6.07 Å². The lowest BCUT2D eigenvalue weighted by Gasteiger charge is -2.03. The molecule has 0 aromatic heterocycles. The molecule has 0 fully saturated rings. The van der Waals surface area contributed by atoms with E-state index in [1.54, 1.807) is 18.2 Å². The maximum atomic E-state index is 11.2. The van der Waals surface area contributed by atoms with Gasteiger partial charge in [-0.1, -0.05) is 30.3 Å². The predicted molar refractivity (Wildman–Crippen MR) is 68.4 cm³/mol. The van der Waals surface area contributed by atoms with Crippen molar-refractivity contribution in [1.82, 2.24) is 0 Å². The van der Waals surface area contributed by atoms with Gasteiger partial charge < -0.3 is 5.11 Å². The third kappa shape index (κ3) is 2.36. The zero-order chi connectivity index (χ0) is 13.0. The van der Waals surface area contributed by atoms with Crippen LogP contribution in [-0.2, 0) is 4.79 Å². The molecule has 0 saturated heterocycles. The second-order valence-corrected chi connectivity index (χ2v) is 3.71. The van der Waals surface area contributed by atoms with Gasteiger partial charge in [-0.15, -0.1) is 0 Å². The van der Waals surface area contributed by atoms with Crippen LogP contribution in [0, 0.1) is 11.3 Å². The number of hydrogen-bond acceptors (Lipinski definition) is 3. The van der Waals surface area contributed by atoms with Crippen LogP contribution in [0.25, 0.3) is 10.8 Å². The minimum Gasteiger partial charge on any atom is -0.507 e. The smallest absolute Gasteiger partial charge is 0.259 e. The van der Waals surface area contributed by atoms with Gasteiger partial charge in [0.25, 0.3) is 5.91 Å². The summed E-state index contributed by atoms with van der Waals surface area (Å²) < 4.78 is 0. The van der Waals surface area contributed by atoms with Crippen LogP contribution >= 0.6 is 0 Å². The lowest BCUT2D eigenvalue weighted by Crippen LogP contribution is -1.93. The molecular weight excluding hydrogens is 228 g/mol. The van der Waals surface area contributed by atoms with Crippen molar-refractivity contribution < 1.29 is 9.90 Å². The van der Waals surface area contributed by atoms with E-state index in [0.29, 0.717) is 5.56 Å². The number of rotatable bonds is 2. The molecule has 0 atom stereocenters. The molecule has 2 rings (SSSR count). The summed E-state index contributed by atoms with van der Waals surface area (Å²) in [6.07, 6.45) is 1.04. The van der Waals surface area contributed by atoms with Gasteiger partial charge in [-0.2, -0.15) is 5.26 Å². The topological polar surface area (TPSA) is 73.5 Å². The summed E-state index contributed by atoms with van der Waals surface area (Å²) in [5.74, 6) is -0.466. The van der Waals surface area contributed by atoms with E-state index >= 15 is 0 Å². The van der Waals surface area contributed by atoms with Crippen molar-refractivity contribution in [3.8, 4) is 11.8 Å². The molecule has 1 N–H and O–H groups in total. The molecular formula is C14H10N2O2. The van der Waals surface area contributed by atoms with Crippen molar-refractivity contribution >= 4 is 22.9 Å². The second-order valence-electron chi connectivity index (χ2n) is 3.71. The third-order valence-electron chi connectivity index (χ3n) is 2.52. The summed E-state index contributed by atoms with van der Waals surface area (Å²) in [5.41, 5.74) is 0.486. The number of carbonyl (C=O) groups excluding carboxylic acids is 1. The fraction of sp³-hybridized carbons (Fsp3) is 0.0714. The van der Waals surface area contributed by atoms with Gasteiger partial charge in [-0.3, -0.25) is 4.79 Å². The highest BCUT2D eigenvalue weighted by molar-refractivity contribution is 6.05. The van der Waals surface area contributed by atoms with E-state index in [4.69, 9.17) is 5.26 Å². The van der Waals surface area contributed by atoms with E-state index in [1.807, 2.05) is 24.3 Å². The first-order chi connectivity index (χ1) is 8.72. The van der Waals surface area contributed by atoms with Crippen LogP contribution in [0.1, 0.15) is 12.0 Å². The number of fused-ring (bicyclic) bond motifs is 1. The zero-order valence-electron chi connectivity index (χ0n) is 9.50. The molecule has 0 aliphatic heterocycles. The van der Waals surface area contributed by atoms with E-state index in [1.165, 1.54) is 6.21 Å². The molecule has 0 radical (unpaired) electrons. The van der Waals surface area contributed by atoms with Crippen molar-refractivity contribution in [3.63, 3.8) is 0 Å². The number of aliphatic imine (C=N–C) groups is 1. The molecule has 1 amide bonds. The number of nitriles is 1. The van der Waals surface area contributed by atoms with E-state index in [0.717, 1.165) is 10.8 Å². The highest BCUT2D eigenvalue weighted by Crippen LogP contribution is 2.25. The summed E-state index contributed by atoms with van der Waals surface area (Å²) in [5, 5.41) is 19.9. The first kappa shape index (κ1) is 11.8. The largest absolute Gasteiger partial charge is 0.507 e. The monoisotopic (exact) mass is 238 g/mol. The lowest BCUT2D eigenvalue weighted by atomic mass is 10.0. The highest BCUT2D eigenvalue weighted by atomic mass is 16.3. The van der Waals surface area contributed by atoms with Crippen molar-refractivity contribution in [1.29, 1.82) is 5.26 Å². The predicted octanol–water partition coefficient (Wildman–Crippen LogP) is 2.40. The van der Waals surface area contributed by atoms with E-state index in [9.17, 15) is 9.90 Å². The van der Waals surface area contributed by atoms with Gasteiger partial charge in [0.1, 0.15) is 12.2 Å². The molecule has 2 aromatic carbocycles. The summed E-state index contributed by atoms with van der Waals surface area (Å²) in [6.45, 7) is 0. The number of nitrogens with zero attached hydrogens (tertiary/aromatic N) is 2. The molecule has 0 aliphatic carbocycles. The van der Waals surface area contributed by atoms with E-state index in [2.05, 4.69) is 4.99 Å². The number of hydrogen-bond donors (Lipinski definition) is 1. The van der Waals surface area contributed by atoms with Gasteiger partial charge in [0.15, 0.2) is 0 Å². The normalized spacial score (nSPS) is 10.6. The number of aromatic hydroxyl groups is 1. The number of amides is 1. The van der Waals surface area contributed by atoms with Crippen LogP contribution in [0.3, 0.4) is 0 Å². The maximum absolute atomic E-state index is 11.2. The minimum absolute atomic E-state index is 0.0576. The molecule has 0 bridgehead atoms. The molecule has 0 spiro atoms. The zero-order valence-corrected chi connectivity index (χ0v) is 9.50. The molecule has 0 aliphatic rings. The fourth-order valence-electron chi connectivity index (χ4n) is 1.67. The van der Waals surface area contributed by atoms with Crippen molar-refractivity contribution in [2.75, 3.05) is 0 Å². The standard InChI is InChI=1S/C14H10N2O2/c15-8-7-14(18)16-9-12-11-4-2-1-3-10(11)5-6-13(12)17/h1-6,9,17H,7H2. The molecule has 88 valence electrons. The molecule has 0 heterocycles. The molecule has 4 heteroatoms. The van der Waals surface area contributed by atoms with Crippen molar-refractivity contribution in [2.24, 2.45) is 4.99 Å². The Balaban J connectivity index is 2.47. The molecule has 18 heavy (non-hydrogen) atoms. The average molecular weight is 238 g/mol. The van der Waals surface area contributed by atoms with Crippen molar-refractivity contribution in [2.45, 2.75) is 6.42 Å². The number of phenolic OH excluding ortho intramolecular Hbond substituents is 1. The number of benzene rings is 2. The molecule has 2 aromatic rings. The molecule has 0 unspecified atom stereocenters. The van der Waals surface area contributed by atoms with Gasteiger partial charge in [0.2, 0.25) is 0 Å². The Kier molecular flexibility index (Phi) is 3.35. The lowest BCUT2D eigenvalue weighted by molar-refractivity contribution is -0.116. The van der Waals surface area contributed by atoms with Crippen LogP contribution in [0.5, 0.6) is 5.75 Å². The Bertz CT molecular complexity index is 669. The third-order valence-corrected chi connectivity index (χ3v) is 2.52. The van der Waals surface area contributed by atoms with Gasteiger partial charge >= 0.3 is 0 Å². The summed E-state index contributed by atoms with van der Waals surface area (Å²) in [6, 6.07) is 12.6. The van der Waals surface area contributed by atoms with E-state index in [-0.39, 0.29) is 12.2 Å². The Hall–Kier alpha value is -2.67. The summed E-state index contributed by atoms with van der Waals surface area (Å²) in [4.78, 5) is 14.8. The second kappa shape index (κ2) is 5.11.